The van der Waals surface area contributed by atoms with Crippen LogP contribution >= 0.6 is 0 Å². The number of nitrogens with zero attached hydrogens (tertiary/aromatic N) is 1. The van der Waals surface area contributed by atoms with E-state index in [1.54, 1.807) is 0 Å². The number of nitrogens with two attached hydrogens (primary N) is 1. The van der Waals surface area contributed by atoms with Crippen LogP contribution in [0.5, 0.6) is 0 Å². The summed E-state index contributed by atoms with van der Waals surface area (Å²) in [6.07, 6.45) is 0. The number of aliphatic hydroxyl groups excluding tert-OH is 1. The van der Waals surface area contributed by atoms with Crippen molar-refractivity contribution in [2.24, 2.45) is 11.7 Å². The van der Waals surface area contributed by atoms with E-state index in [4.69, 9.17) is 10.8 Å². The molecule has 0 bridgehead atoms. The molecule has 0 aromatic heterocycles. The number of aliphatic hydroxyl groups is 1. The number of carbonyl (C=O) groups excluding carboxylic acids is 1. The van der Waals surface area contributed by atoms with Crippen molar-refractivity contribution in [2.75, 3.05) is 18.0 Å². The van der Waals surface area contributed by atoms with Gasteiger partial charge in [-0.15, -0.1) is 0 Å². The molecule has 1 amide bonds. The first-order chi connectivity index (χ1) is 8.85. The molecule has 0 aliphatic rings. The van der Waals surface area contributed by atoms with E-state index < -0.39 is 24.1 Å². The number of benzene rings is 1. The topological polar surface area (TPSA) is 66.6 Å². The zero-order valence-corrected chi connectivity index (χ0v) is 11.0. The Kier molecular flexibility index (Phi) is 5.23. The van der Waals surface area contributed by atoms with Crippen molar-refractivity contribution in [3.63, 3.8) is 0 Å². The largest absolute Gasteiger partial charge is 0.392 e. The van der Waals surface area contributed by atoms with Gasteiger partial charge in [0, 0.05) is 6.54 Å². The molecule has 0 spiro atoms. The second-order valence-electron chi connectivity index (χ2n) is 4.81. The molecule has 0 saturated carbocycles. The molecular formula is C13H18F2N2O2. The quantitative estimate of drug-likeness (QED) is 0.822. The number of amides is 1. The van der Waals surface area contributed by atoms with E-state index in [1.165, 1.54) is 4.90 Å². The zero-order chi connectivity index (χ0) is 14.6. The SMILES string of the molecule is CC(C)CN(CC(N)=O)c1c(F)cc(CO)cc1F. The van der Waals surface area contributed by atoms with E-state index in [0.717, 1.165) is 12.1 Å². The standard InChI is InChI=1S/C13H18F2N2O2/c1-8(2)5-17(6-12(16)19)13-10(14)3-9(7-18)4-11(13)15/h3-4,8,18H,5-7H2,1-2H3,(H2,16,19). The lowest BCUT2D eigenvalue weighted by molar-refractivity contribution is -0.116. The molecule has 0 radical (unpaired) electrons. The minimum atomic E-state index is -0.814. The second-order valence-corrected chi connectivity index (χ2v) is 4.81. The number of carbonyl (C=O) groups is 1. The Bertz CT molecular complexity index is 441. The molecule has 1 aromatic carbocycles. The highest BCUT2D eigenvalue weighted by Crippen LogP contribution is 2.25. The molecule has 0 atom stereocenters. The van der Waals surface area contributed by atoms with E-state index in [9.17, 15) is 13.6 Å². The number of hydrogen-bond donors (Lipinski definition) is 2. The van der Waals surface area contributed by atoms with Gasteiger partial charge >= 0.3 is 0 Å². The Morgan fingerprint density at radius 1 is 1.37 bits per heavy atom. The van der Waals surface area contributed by atoms with Crippen molar-refractivity contribution < 1.29 is 18.7 Å². The van der Waals surface area contributed by atoms with Crippen LogP contribution in [0.1, 0.15) is 19.4 Å². The van der Waals surface area contributed by atoms with Gasteiger partial charge in [0.05, 0.1) is 13.2 Å². The van der Waals surface area contributed by atoms with Crippen LogP contribution in [0.2, 0.25) is 0 Å². The lowest BCUT2D eigenvalue weighted by atomic mass is 10.1. The average Bonchev–Trinajstić information content (AvgIpc) is 2.25. The predicted octanol–water partition coefficient (Wildman–Crippen LogP) is 1.40. The maximum Gasteiger partial charge on any atom is 0.236 e. The number of hydrogen-bond acceptors (Lipinski definition) is 3. The molecule has 0 fully saturated rings. The molecule has 4 nitrogen and oxygen atoms in total. The second kappa shape index (κ2) is 6.47. The van der Waals surface area contributed by atoms with E-state index in [0.29, 0.717) is 6.54 Å². The highest BCUT2D eigenvalue weighted by Gasteiger charge is 2.20. The van der Waals surface area contributed by atoms with Crippen LogP contribution in [0, 0.1) is 17.6 Å². The summed E-state index contributed by atoms with van der Waals surface area (Å²) in [6.45, 7) is 3.33. The summed E-state index contributed by atoms with van der Waals surface area (Å²) < 4.78 is 27.8. The molecule has 0 aliphatic carbocycles. The molecule has 6 heteroatoms. The van der Waals surface area contributed by atoms with Gasteiger partial charge in [-0.2, -0.15) is 0 Å². The summed E-state index contributed by atoms with van der Waals surface area (Å²) in [4.78, 5) is 12.3. The van der Waals surface area contributed by atoms with Crippen molar-refractivity contribution in [3.8, 4) is 0 Å². The smallest absolute Gasteiger partial charge is 0.236 e. The summed E-state index contributed by atoms with van der Waals surface area (Å²) in [6, 6.07) is 2.10. The molecule has 0 heterocycles. The molecule has 106 valence electrons. The first-order valence-electron chi connectivity index (χ1n) is 5.97. The Morgan fingerprint density at radius 3 is 2.26 bits per heavy atom. The van der Waals surface area contributed by atoms with E-state index >= 15 is 0 Å². The summed E-state index contributed by atoms with van der Waals surface area (Å²) in [5.41, 5.74) is 4.95. The van der Waals surface area contributed by atoms with Crippen LogP contribution in [0.3, 0.4) is 0 Å². The zero-order valence-electron chi connectivity index (χ0n) is 11.0. The first kappa shape index (κ1) is 15.4. The summed E-state index contributed by atoms with van der Waals surface area (Å²) in [5.74, 6) is -2.18. The maximum absolute atomic E-state index is 13.9. The van der Waals surface area contributed by atoms with Gasteiger partial charge in [0.15, 0.2) is 0 Å². The lowest BCUT2D eigenvalue weighted by Crippen LogP contribution is -2.37. The van der Waals surface area contributed by atoms with Gasteiger partial charge in [0.25, 0.3) is 0 Å². The van der Waals surface area contributed by atoms with Crippen molar-refractivity contribution in [1.29, 1.82) is 0 Å². The van der Waals surface area contributed by atoms with Crippen LogP contribution in [-0.2, 0) is 11.4 Å². The highest BCUT2D eigenvalue weighted by atomic mass is 19.1. The van der Waals surface area contributed by atoms with Crippen LogP contribution in [-0.4, -0.2) is 24.1 Å². The molecular weight excluding hydrogens is 254 g/mol. The number of primary amides is 1. The van der Waals surface area contributed by atoms with Gasteiger partial charge < -0.3 is 15.7 Å². The molecule has 1 rings (SSSR count). The first-order valence-corrected chi connectivity index (χ1v) is 5.97. The highest BCUT2D eigenvalue weighted by molar-refractivity contribution is 5.79. The van der Waals surface area contributed by atoms with E-state index in [1.807, 2.05) is 13.8 Å². The van der Waals surface area contributed by atoms with Gasteiger partial charge in [-0.1, -0.05) is 13.8 Å². The van der Waals surface area contributed by atoms with Gasteiger partial charge in [-0.3, -0.25) is 4.79 Å². The van der Waals surface area contributed by atoms with Crippen LogP contribution in [0.25, 0.3) is 0 Å². The Balaban J connectivity index is 3.17. The number of anilines is 1. The number of rotatable bonds is 6. The molecule has 19 heavy (non-hydrogen) atoms. The molecule has 0 aliphatic heterocycles. The molecule has 0 saturated heterocycles. The van der Waals surface area contributed by atoms with Gasteiger partial charge in [-0.05, 0) is 23.6 Å². The fourth-order valence-electron chi connectivity index (χ4n) is 1.88. The minimum Gasteiger partial charge on any atom is -0.392 e. The van der Waals surface area contributed by atoms with Gasteiger partial charge in [0.1, 0.15) is 17.3 Å². The van der Waals surface area contributed by atoms with Crippen molar-refractivity contribution in [2.45, 2.75) is 20.5 Å². The summed E-state index contributed by atoms with van der Waals surface area (Å²) >= 11 is 0. The van der Waals surface area contributed by atoms with Crippen LogP contribution in [0.4, 0.5) is 14.5 Å². The third-order valence-corrected chi connectivity index (χ3v) is 2.51. The van der Waals surface area contributed by atoms with E-state index in [-0.39, 0.29) is 23.7 Å². The van der Waals surface area contributed by atoms with Crippen molar-refractivity contribution in [1.82, 2.24) is 0 Å². The molecule has 0 unspecified atom stereocenters. The number of halogens is 2. The molecule has 1 aromatic rings. The third-order valence-electron chi connectivity index (χ3n) is 2.51. The summed E-state index contributed by atoms with van der Waals surface area (Å²) in [7, 11) is 0. The normalized spacial score (nSPS) is 10.8. The Hall–Kier alpha value is -1.69. The lowest BCUT2D eigenvalue weighted by Gasteiger charge is -2.26. The predicted molar refractivity (Wildman–Crippen MR) is 68.5 cm³/mol. The minimum absolute atomic E-state index is 0.107. The molecule has 3 N–H and O–H groups in total. The van der Waals surface area contributed by atoms with Gasteiger partial charge in [0.2, 0.25) is 5.91 Å². The Labute approximate surface area is 110 Å². The maximum atomic E-state index is 13.9. The Morgan fingerprint density at radius 2 is 1.89 bits per heavy atom. The fraction of sp³-hybridized carbons (Fsp3) is 0.462. The van der Waals surface area contributed by atoms with Crippen LogP contribution in [0.15, 0.2) is 12.1 Å². The third kappa shape index (κ3) is 4.17. The fourth-order valence-corrected chi connectivity index (χ4v) is 1.88. The van der Waals surface area contributed by atoms with Crippen molar-refractivity contribution in [3.05, 3.63) is 29.3 Å². The van der Waals surface area contributed by atoms with Crippen molar-refractivity contribution >= 4 is 11.6 Å². The van der Waals surface area contributed by atoms with Gasteiger partial charge in [-0.25, -0.2) is 8.78 Å². The van der Waals surface area contributed by atoms with Crippen LogP contribution < -0.4 is 10.6 Å². The summed E-state index contributed by atoms with van der Waals surface area (Å²) in [5, 5.41) is 8.89. The monoisotopic (exact) mass is 272 g/mol. The van der Waals surface area contributed by atoms with E-state index in [2.05, 4.69) is 0 Å². The average molecular weight is 272 g/mol.